The molecule has 0 bridgehead atoms. The third-order valence-corrected chi connectivity index (χ3v) is 2.55. The zero-order valence-electron chi connectivity index (χ0n) is 9.94. The van der Waals surface area contributed by atoms with Crippen molar-refractivity contribution in [1.29, 1.82) is 0 Å². The largest absolute Gasteiger partial charge is 0.427 e. The Morgan fingerprint density at radius 3 is 2.53 bits per heavy atom. The molecule has 0 aromatic heterocycles. The summed E-state index contributed by atoms with van der Waals surface area (Å²) < 4.78 is 5.08. The second kappa shape index (κ2) is 4.83. The number of benzene rings is 2. The van der Waals surface area contributed by atoms with Gasteiger partial charge in [-0.15, -0.1) is 0 Å². The van der Waals surface area contributed by atoms with Crippen molar-refractivity contribution in [3.63, 3.8) is 0 Å². The van der Waals surface area contributed by atoms with E-state index in [9.17, 15) is 4.79 Å². The molecule has 2 aromatic carbocycles. The maximum absolute atomic E-state index is 10.9. The van der Waals surface area contributed by atoms with Crippen molar-refractivity contribution in [3.8, 4) is 16.9 Å². The monoisotopic (exact) mass is 226 g/mol. The summed E-state index contributed by atoms with van der Waals surface area (Å²) in [7, 11) is 0. The highest BCUT2D eigenvalue weighted by Crippen LogP contribution is 2.26. The van der Waals surface area contributed by atoms with Crippen LogP contribution in [0.4, 0.5) is 0 Å². The smallest absolute Gasteiger partial charge is 0.308 e. The summed E-state index contributed by atoms with van der Waals surface area (Å²) in [4.78, 5) is 10.9. The van der Waals surface area contributed by atoms with Crippen molar-refractivity contribution < 1.29 is 9.53 Å². The maximum Gasteiger partial charge on any atom is 0.308 e. The molecule has 0 N–H and O–H groups in total. The van der Waals surface area contributed by atoms with Gasteiger partial charge in [-0.25, -0.2) is 0 Å². The van der Waals surface area contributed by atoms with Gasteiger partial charge in [0.05, 0.1) is 0 Å². The standard InChI is InChI=1S/C15H14O2/c1-11-6-3-4-9-15(11)13-7-5-8-14(10-13)17-12(2)16/h3-10H,1-2H3. The second-order valence-electron chi connectivity index (χ2n) is 3.94. The van der Waals surface area contributed by atoms with E-state index in [-0.39, 0.29) is 5.97 Å². The number of hydrogen-bond donors (Lipinski definition) is 0. The molecule has 0 heterocycles. The van der Waals surface area contributed by atoms with Gasteiger partial charge in [0.15, 0.2) is 0 Å². The summed E-state index contributed by atoms with van der Waals surface area (Å²) in [5.74, 6) is 0.283. The number of carbonyl (C=O) groups excluding carboxylic acids is 1. The van der Waals surface area contributed by atoms with Gasteiger partial charge in [-0.1, -0.05) is 36.4 Å². The molecule has 0 fully saturated rings. The van der Waals surface area contributed by atoms with Crippen LogP contribution in [0.15, 0.2) is 48.5 Å². The topological polar surface area (TPSA) is 26.3 Å². The molecule has 86 valence electrons. The lowest BCUT2D eigenvalue weighted by Gasteiger charge is -2.07. The van der Waals surface area contributed by atoms with Gasteiger partial charge >= 0.3 is 5.97 Å². The Morgan fingerprint density at radius 1 is 1.06 bits per heavy atom. The summed E-state index contributed by atoms with van der Waals surface area (Å²) in [6.07, 6.45) is 0. The van der Waals surface area contributed by atoms with E-state index in [2.05, 4.69) is 19.1 Å². The Labute approximate surface area is 101 Å². The zero-order chi connectivity index (χ0) is 12.3. The first kappa shape index (κ1) is 11.4. The maximum atomic E-state index is 10.9. The lowest BCUT2D eigenvalue weighted by molar-refractivity contribution is -0.131. The molecule has 2 heteroatoms. The van der Waals surface area contributed by atoms with E-state index >= 15 is 0 Å². The molecule has 17 heavy (non-hydrogen) atoms. The van der Waals surface area contributed by atoms with Crippen molar-refractivity contribution in [2.24, 2.45) is 0 Å². The molecule has 0 saturated heterocycles. The summed E-state index contributed by atoms with van der Waals surface area (Å²) in [5.41, 5.74) is 3.41. The van der Waals surface area contributed by atoms with E-state index in [1.807, 2.05) is 30.3 Å². The average Bonchev–Trinajstić information content (AvgIpc) is 2.29. The highest BCUT2D eigenvalue weighted by Gasteiger charge is 2.03. The first-order valence-electron chi connectivity index (χ1n) is 5.51. The van der Waals surface area contributed by atoms with Crippen molar-refractivity contribution in [2.75, 3.05) is 0 Å². The van der Waals surface area contributed by atoms with Crippen LogP contribution in [0.5, 0.6) is 5.75 Å². The van der Waals surface area contributed by atoms with Crippen LogP contribution >= 0.6 is 0 Å². The molecule has 0 radical (unpaired) electrons. The normalized spacial score (nSPS) is 10.0. The van der Waals surface area contributed by atoms with E-state index in [4.69, 9.17) is 4.74 Å². The van der Waals surface area contributed by atoms with Gasteiger partial charge in [-0.2, -0.15) is 0 Å². The Hall–Kier alpha value is -2.09. The van der Waals surface area contributed by atoms with E-state index in [0.717, 1.165) is 11.1 Å². The number of ether oxygens (including phenoxy) is 1. The Kier molecular flexibility index (Phi) is 3.24. The SMILES string of the molecule is CC(=O)Oc1cccc(-c2ccccc2C)c1. The molecule has 2 aromatic rings. The molecular formula is C15H14O2. The number of esters is 1. The second-order valence-corrected chi connectivity index (χ2v) is 3.94. The highest BCUT2D eigenvalue weighted by molar-refractivity contribution is 5.72. The molecule has 0 atom stereocenters. The highest BCUT2D eigenvalue weighted by atomic mass is 16.5. The molecule has 0 amide bonds. The Bertz CT molecular complexity index is 544. The lowest BCUT2D eigenvalue weighted by atomic mass is 10.0. The first-order chi connectivity index (χ1) is 8.16. The molecule has 0 unspecified atom stereocenters. The molecular weight excluding hydrogens is 212 g/mol. The van der Waals surface area contributed by atoms with Gasteiger partial charge in [0, 0.05) is 6.92 Å². The van der Waals surface area contributed by atoms with E-state index in [0.29, 0.717) is 5.75 Å². The quantitative estimate of drug-likeness (QED) is 0.578. The van der Waals surface area contributed by atoms with Crippen LogP contribution in [0.3, 0.4) is 0 Å². The number of aryl methyl sites for hydroxylation is 1. The molecule has 0 aliphatic rings. The summed E-state index contributed by atoms with van der Waals surface area (Å²) in [6.45, 7) is 3.47. The third-order valence-electron chi connectivity index (χ3n) is 2.55. The van der Waals surface area contributed by atoms with Gasteiger partial charge in [-0.05, 0) is 35.7 Å². The Morgan fingerprint density at radius 2 is 1.82 bits per heavy atom. The average molecular weight is 226 g/mol. The molecule has 0 aliphatic heterocycles. The third kappa shape index (κ3) is 2.72. The lowest BCUT2D eigenvalue weighted by Crippen LogP contribution is -2.01. The van der Waals surface area contributed by atoms with E-state index in [1.54, 1.807) is 6.07 Å². The molecule has 2 rings (SSSR count). The van der Waals surface area contributed by atoms with E-state index < -0.39 is 0 Å². The fourth-order valence-electron chi connectivity index (χ4n) is 1.79. The van der Waals surface area contributed by atoms with Gasteiger partial charge < -0.3 is 4.74 Å². The van der Waals surface area contributed by atoms with Crippen molar-refractivity contribution in [3.05, 3.63) is 54.1 Å². The minimum atomic E-state index is -0.299. The van der Waals surface area contributed by atoms with Gasteiger partial charge in [0.25, 0.3) is 0 Å². The Balaban J connectivity index is 2.40. The number of carbonyl (C=O) groups is 1. The van der Waals surface area contributed by atoms with Crippen molar-refractivity contribution in [2.45, 2.75) is 13.8 Å². The summed E-state index contributed by atoms with van der Waals surface area (Å²) in [6, 6.07) is 15.7. The predicted octanol–water partition coefficient (Wildman–Crippen LogP) is 3.59. The van der Waals surface area contributed by atoms with Gasteiger partial charge in [0.2, 0.25) is 0 Å². The van der Waals surface area contributed by atoms with Crippen molar-refractivity contribution in [1.82, 2.24) is 0 Å². The van der Waals surface area contributed by atoms with Crippen LogP contribution in [0.2, 0.25) is 0 Å². The molecule has 0 spiro atoms. The summed E-state index contributed by atoms with van der Waals surface area (Å²) >= 11 is 0. The first-order valence-corrected chi connectivity index (χ1v) is 5.51. The minimum absolute atomic E-state index is 0.299. The fraction of sp³-hybridized carbons (Fsp3) is 0.133. The van der Waals surface area contributed by atoms with Crippen LogP contribution in [-0.2, 0) is 4.79 Å². The summed E-state index contributed by atoms with van der Waals surface area (Å²) in [5, 5.41) is 0. The van der Waals surface area contributed by atoms with Crippen LogP contribution in [-0.4, -0.2) is 5.97 Å². The van der Waals surface area contributed by atoms with Gasteiger partial charge in [-0.3, -0.25) is 4.79 Å². The van der Waals surface area contributed by atoms with Crippen LogP contribution in [0.1, 0.15) is 12.5 Å². The van der Waals surface area contributed by atoms with E-state index in [1.165, 1.54) is 12.5 Å². The fourth-order valence-corrected chi connectivity index (χ4v) is 1.79. The van der Waals surface area contributed by atoms with Crippen LogP contribution in [0.25, 0.3) is 11.1 Å². The zero-order valence-corrected chi connectivity index (χ0v) is 9.94. The molecule has 2 nitrogen and oxygen atoms in total. The number of rotatable bonds is 2. The predicted molar refractivity (Wildman–Crippen MR) is 67.9 cm³/mol. The van der Waals surface area contributed by atoms with Crippen molar-refractivity contribution >= 4 is 5.97 Å². The number of hydrogen-bond acceptors (Lipinski definition) is 2. The minimum Gasteiger partial charge on any atom is -0.427 e. The molecule has 0 saturated carbocycles. The molecule has 0 aliphatic carbocycles. The van der Waals surface area contributed by atoms with Crippen LogP contribution in [0, 0.1) is 6.92 Å². The van der Waals surface area contributed by atoms with Gasteiger partial charge in [0.1, 0.15) is 5.75 Å². The van der Waals surface area contributed by atoms with Crippen LogP contribution < -0.4 is 4.74 Å².